The Kier molecular flexibility index (Phi) is 4.32. The van der Waals surface area contributed by atoms with Crippen molar-refractivity contribution in [3.8, 4) is 0 Å². The van der Waals surface area contributed by atoms with Crippen molar-refractivity contribution in [3.63, 3.8) is 0 Å². The summed E-state index contributed by atoms with van der Waals surface area (Å²) in [6, 6.07) is 0.504. The fraction of sp³-hybridized carbons (Fsp3) is 0.750. The molecule has 0 spiro atoms. The molecule has 2 heterocycles. The molecule has 0 amide bonds. The first-order valence-electron chi connectivity index (χ1n) is 5.99. The lowest BCUT2D eigenvalue weighted by atomic mass is 10.0. The topological polar surface area (TPSA) is 34.1 Å². The van der Waals surface area contributed by atoms with E-state index in [4.69, 9.17) is 9.72 Å². The Morgan fingerprint density at radius 2 is 2.31 bits per heavy atom. The van der Waals surface area contributed by atoms with Crippen molar-refractivity contribution in [1.82, 2.24) is 10.3 Å². The number of aromatic nitrogens is 1. The van der Waals surface area contributed by atoms with E-state index in [2.05, 4.69) is 17.6 Å². The number of hydrogen-bond donors (Lipinski definition) is 1. The van der Waals surface area contributed by atoms with E-state index in [9.17, 15) is 0 Å². The molecule has 0 bridgehead atoms. The van der Waals surface area contributed by atoms with Crippen LogP contribution in [-0.2, 0) is 11.2 Å². The molecule has 0 saturated carbocycles. The SMILES string of the molecule is CNC(C)Cc1csc(C2CCOCC2)n1. The lowest BCUT2D eigenvalue weighted by Gasteiger charge is -2.19. The van der Waals surface area contributed by atoms with E-state index in [-0.39, 0.29) is 0 Å². The van der Waals surface area contributed by atoms with E-state index < -0.39 is 0 Å². The van der Waals surface area contributed by atoms with Gasteiger partial charge in [-0.1, -0.05) is 0 Å². The van der Waals surface area contributed by atoms with Crippen molar-refractivity contribution in [1.29, 1.82) is 0 Å². The summed E-state index contributed by atoms with van der Waals surface area (Å²) in [5.41, 5.74) is 1.23. The minimum absolute atomic E-state index is 0.504. The molecule has 1 aromatic rings. The van der Waals surface area contributed by atoms with Crippen molar-refractivity contribution in [2.24, 2.45) is 0 Å². The molecule has 16 heavy (non-hydrogen) atoms. The molecule has 1 N–H and O–H groups in total. The highest BCUT2D eigenvalue weighted by atomic mass is 32.1. The van der Waals surface area contributed by atoms with Gasteiger partial charge in [-0.05, 0) is 26.8 Å². The minimum atomic E-state index is 0.504. The second-order valence-electron chi connectivity index (χ2n) is 4.46. The largest absolute Gasteiger partial charge is 0.381 e. The number of likely N-dealkylation sites (N-methyl/N-ethyl adjacent to an activating group) is 1. The monoisotopic (exact) mass is 240 g/mol. The van der Waals surface area contributed by atoms with E-state index in [1.165, 1.54) is 10.7 Å². The zero-order valence-electron chi connectivity index (χ0n) is 10.0. The molecule has 90 valence electrons. The van der Waals surface area contributed by atoms with Crippen LogP contribution in [0.25, 0.3) is 0 Å². The maximum atomic E-state index is 5.38. The van der Waals surface area contributed by atoms with Crippen LogP contribution in [0.1, 0.15) is 36.4 Å². The molecule has 3 nitrogen and oxygen atoms in total. The second kappa shape index (κ2) is 5.75. The Labute approximate surface area is 101 Å². The molecular formula is C12H20N2OS. The molecule has 2 rings (SSSR count). The summed E-state index contributed by atoms with van der Waals surface area (Å²) in [6.07, 6.45) is 3.29. The van der Waals surface area contributed by atoms with Crippen molar-refractivity contribution in [2.45, 2.75) is 38.1 Å². The highest BCUT2D eigenvalue weighted by molar-refractivity contribution is 7.09. The summed E-state index contributed by atoms with van der Waals surface area (Å²) >= 11 is 1.81. The number of rotatable bonds is 4. The molecule has 1 saturated heterocycles. The van der Waals surface area contributed by atoms with Gasteiger partial charge in [-0.15, -0.1) is 11.3 Å². The Balaban J connectivity index is 1.95. The number of nitrogens with one attached hydrogen (secondary N) is 1. The Morgan fingerprint density at radius 1 is 1.56 bits per heavy atom. The third kappa shape index (κ3) is 3.03. The van der Waals surface area contributed by atoms with Gasteiger partial charge in [-0.25, -0.2) is 4.98 Å². The minimum Gasteiger partial charge on any atom is -0.381 e. The second-order valence-corrected chi connectivity index (χ2v) is 5.35. The fourth-order valence-corrected chi connectivity index (χ4v) is 2.97. The van der Waals surface area contributed by atoms with Gasteiger partial charge < -0.3 is 10.1 Å². The Hall–Kier alpha value is -0.450. The molecule has 0 aliphatic carbocycles. The average Bonchev–Trinajstić information content (AvgIpc) is 2.78. The van der Waals surface area contributed by atoms with Crippen molar-refractivity contribution < 1.29 is 4.74 Å². The third-order valence-electron chi connectivity index (χ3n) is 3.15. The number of ether oxygens (including phenoxy) is 1. The van der Waals surface area contributed by atoms with Gasteiger partial charge in [0.2, 0.25) is 0 Å². The molecule has 1 fully saturated rings. The normalized spacial score (nSPS) is 19.9. The molecular weight excluding hydrogens is 220 g/mol. The summed E-state index contributed by atoms with van der Waals surface area (Å²) in [7, 11) is 2.00. The predicted octanol–water partition coefficient (Wildman–Crippen LogP) is 2.19. The van der Waals surface area contributed by atoms with E-state index in [0.717, 1.165) is 32.5 Å². The maximum absolute atomic E-state index is 5.38. The third-order valence-corrected chi connectivity index (χ3v) is 4.20. The van der Waals surface area contributed by atoms with Crippen LogP contribution >= 0.6 is 11.3 Å². The van der Waals surface area contributed by atoms with Gasteiger partial charge in [0, 0.05) is 37.0 Å². The lowest BCUT2D eigenvalue weighted by molar-refractivity contribution is 0.0852. The molecule has 1 atom stereocenters. The van der Waals surface area contributed by atoms with Gasteiger partial charge in [-0.3, -0.25) is 0 Å². The first-order chi connectivity index (χ1) is 7.79. The molecule has 0 radical (unpaired) electrons. The van der Waals surface area contributed by atoms with Crippen molar-refractivity contribution in [2.75, 3.05) is 20.3 Å². The highest BCUT2D eigenvalue weighted by Gasteiger charge is 2.19. The first-order valence-corrected chi connectivity index (χ1v) is 6.87. The fourth-order valence-electron chi connectivity index (χ4n) is 1.96. The van der Waals surface area contributed by atoms with Crippen LogP contribution in [0.2, 0.25) is 0 Å². The molecule has 4 heteroatoms. The quantitative estimate of drug-likeness (QED) is 0.876. The van der Waals surface area contributed by atoms with Gasteiger partial charge in [-0.2, -0.15) is 0 Å². The van der Waals surface area contributed by atoms with Crippen LogP contribution in [-0.4, -0.2) is 31.3 Å². The summed E-state index contributed by atoms with van der Waals surface area (Å²) in [6.45, 7) is 3.98. The van der Waals surface area contributed by atoms with E-state index >= 15 is 0 Å². The molecule has 1 aromatic heterocycles. The molecule has 1 unspecified atom stereocenters. The Bertz CT molecular complexity index is 321. The highest BCUT2D eigenvalue weighted by Crippen LogP contribution is 2.29. The summed E-state index contributed by atoms with van der Waals surface area (Å²) in [4.78, 5) is 4.74. The van der Waals surface area contributed by atoms with E-state index in [0.29, 0.717) is 12.0 Å². The summed E-state index contributed by atoms with van der Waals surface area (Å²) in [5, 5.41) is 6.76. The average molecular weight is 240 g/mol. The van der Waals surface area contributed by atoms with Crippen LogP contribution < -0.4 is 5.32 Å². The number of nitrogens with zero attached hydrogens (tertiary/aromatic N) is 1. The van der Waals surface area contributed by atoms with Crippen LogP contribution in [0, 0.1) is 0 Å². The zero-order valence-corrected chi connectivity index (χ0v) is 10.8. The lowest BCUT2D eigenvalue weighted by Crippen LogP contribution is -2.23. The van der Waals surface area contributed by atoms with Crippen LogP contribution in [0.15, 0.2) is 5.38 Å². The zero-order chi connectivity index (χ0) is 11.4. The predicted molar refractivity (Wildman–Crippen MR) is 67.1 cm³/mol. The van der Waals surface area contributed by atoms with Gasteiger partial charge in [0.1, 0.15) is 0 Å². The van der Waals surface area contributed by atoms with Crippen molar-refractivity contribution >= 4 is 11.3 Å². The molecule has 1 aliphatic rings. The van der Waals surface area contributed by atoms with Crippen LogP contribution in [0.5, 0.6) is 0 Å². The number of hydrogen-bond acceptors (Lipinski definition) is 4. The van der Waals surface area contributed by atoms with Crippen LogP contribution in [0.3, 0.4) is 0 Å². The molecule has 0 aromatic carbocycles. The number of thiazole rings is 1. The van der Waals surface area contributed by atoms with Gasteiger partial charge in [0.15, 0.2) is 0 Å². The van der Waals surface area contributed by atoms with E-state index in [1.807, 2.05) is 18.4 Å². The first kappa shape index (κ1) is 12.0. The standard InChI is InChI=1S/C12H20N2OS/c1-9(13-2)7-11-8-16-12(14-11)10-3-5-15-6-4-10/h8-10,13H,3-7H2,1-2H3. The smallest absolute Gasteiger partial charge is 0.0960 e. The summed E-state index contributed by atoms with van der Waals surface area (Å²) < 4.78 is 5.38. The van der Waals surface area contributed by atoms with E-state index in [1.54, 1.807) is 0 Å². The van der Waals surface area contributed by atoms with Gasteiger partial charge >= 0.3 is 0 Å². The van der Waals surface area contributed by atoms with Crippen molar-refractivity contribution in [3.05, 3.63) is 16.1 Å². The summed E-state index contributed by atoms with van der Waals surface area (Å²) in [5.74, 6) is 0.636. The van der Waals surface area contributed by atoms with Crippen LogP contribution in [0.4, 0.5) is 0 Å². The Morgan fingerprint density at radius 3 is 3.00 bits per heavy atom. The van der Waals surface area contributed by atoms with Gasteiger partial charge in [0.05, 0.1) is 10.7 Å². The van der Waals surface area contributed by atoms with Gasteiger partial charge in [0.25, 0.3) is 0 Å². The maximum Gasteiger partial charge on any atom is 0.0960 e. The molecule has 1 aliphatic heterocycles.